The van der Waals surface area contributed by atoms with E-state index in [4.69, 9.17) is 0 Å². The van der Waals surface area contributed by atoms with Crippen LogP contribution in [0.5, 0.6) is 0 Å². The summed E-state index contributed by atoms with van der Waals surface area (Å²) in [6.07, 6.45) is 0. The Morgan fingerprint density at radius 2 is 1.77 bits per heavy atom. The summed E-state index contributed by atoms with van der Waals surface area (Å²) in [7, 11) is 0. The lowest BCUT2D eigenvalue weighted by Crippen LogP contribution is -2.35. The van der Waals surface area contributed by atoms with Crippen molar-refractivity contribution in [1.82, 2.24) is 20.6 Å². The molecule has 1 heterocycles. The summed E-state index contributed by atoms with van der Waals surface area (Å²) in [5.41, 5.74) is 3.56. The van der Waals surface area contributed by atoms with Crippen LogP contribution in [0.3, 0.4) is 0 Å². The van der Waals surface area contributed by atoms with Crippen LogP contribution in [0, 0.1) is 6.92 Å². The van der Waals surface area contributed by atoms with Crippen molar-refractivity contribution >= 4 is 34.6 Å². The third kappa shape index (κ3) is 4.86. The molecule has 0 bridgehead atoms. The number of hydrogen-bond donors (Lipinski definition) is 3. The number of H-pyrrole nitrogens is 1. The van der Waals surface area contributed by atoms with E-state index >= 15 is 0 Å². The van der Waals surface area contributed by atoms with Crippen molar-refractivity contribution in [2.45, 2.75) is 12.1 Å². The molecule has 6 nitrogen and oxygen atoms in total. The molecule has 3 N–H and O–H groups in total. The van der Waals surface area contributed by atoms with E-state index in [1.165, 1.54) is 11.8 Å². The van der Waals surface area contributed by atoms with Crippen LogP contribution in [0.15, 0.2) is 53.7 Å². The zero-order valence-corrected chi connectivity index (χ0v) is 15.2. The molecule has 3 rings (SSSR count). The smallest absolute Gasteiger partial charge is 0.251 e. The van der Waals surface area contributed by atoms with Crippen LogP contribution >= 0.6 is 11.8 Å². The van der Waals surface area contributed by atoms with Gasteiger partial charge in [0.15, 0.2) is 5.16 Å². The van der Waals surface area contributed by atoms with E-state index in [9.17, 15) is 9.59 Å². The van der Waals surface area contributed by atoms with E-state index < -0.39 is 0 Å². The second kappa shape index (κ2) is 8.53. The maximum Gasteiger partial charge on any atom is 0.251 e. The molecule has 0 radical (unpaired) electrons. The average Bonchev–Trinajstić information content (AvgIpc) is 3.07. The Hall–Kier alpha value is -2.80. The molecule has 1 aromatic heterocycles. The fourth-order valence-electron chi connectivity index (χ4n) is 2.37. The fourth-order valence-corrected chi connectivity index (χ4v) is 3.08. The highest BCUT2D eigenvalue weighted by Crippen LogP contribution is 2.18. The van der Waals surface area contributed by atoms with Gasteiger partial charge in [-0.3, -0.25) is 9.59 Å². The van der Waals surface area contributed by atoms with Crippen molar-refractivity contribution in [3.8, 4) is 0 Å². The number of imidazole rings is 1. The lowest BCUT2D eigenvalue weighted by atomic mass is 10.1. The molecule has 2 amide bonds. The molecule has 0 fully saturated rings. The number of nitrogens with zero attached hydrogens (tertiary/aromatic N) is 1. The first kappa shape index (κ1) is 18.0. The van der Waals surface area contributed by atoms with Gasteiger partial charge in [0.05, 0.1) is 16.8 Å². The molecule has 3 aromatic rings. The Morgan fingerprint density at radius 3 is 2.54 bits per heavy atom. The quantitative estimate of drug-likeness (QED) is 0.442. The van der Waals surface area contributed by atoms with Crippen LogP contribution in [0.1, 0.15) is 15.9 Å². The van der Waals surface area contributed by atoms with E-state index in [1.807, 2.05) is 43.3 Å². The monoisotopic (exact) mass is 368 g/mol. The second-order valence-corrected chi connectivity index (χ2v) is 6.78. The number of carbonyl (C=O) groups is 2. The summed E-state index contributed by atoms with van der Waals surface area (Å²) < 4.78 is 0. The Bertz CT molecular complexity index is 872. The molecule has 0 aliphatic heterocycles. The van der Waals surface area contributed by atoms with E-state index in [0.717, 1.165) is 16.6 Å². The molecular formula is C19H20N4O2S. The second-order valence-electron chi connectivity index (χ2n) is 5.82. The number of carbonyl (C=O) groups excluding carboxylic acids is 2. The molecule has 0 saturated heterocycles. The van der Waals surface area contributed by atoms with E-state index in [1.54, 1.807) is 12.1 Å². The van der Waals surface area contributed by atoms with Gasteiger partial charge < -0.3 is 15.6 Å². The van der Waals surface area contributed by atoms with Gasteiger partial charge in [-0.15, -0.1) is 0 Å². The zero-order valence-electron chi connectivity index (χ0n) is 14.4. The highest BCUT2D eigenvalue weighted by molar-refractivity contribution is 7.99. The highest BCUT2D eigenvalue weighted by atomic mass is 32.2. The van der Waals surface area contributed by atoms with Gasteiger partial charge in [0.2, 0.25) is 5.91 Å². The lowest BCUT2D eigenvalue weighted by molar-refractivity contribution is -0.118. The molecule has 0 spiro atoms. The van der Waals surface area contributed by atoms with Crippen LogP contribution in [-0.2, 0) is 4.79 Å². The fraction of sp³-hybridized carbons (Fsp3) is 0.211. The van der Waals surface area contributed by atoms with Crippen molar-refractivity contribution in [1.29, 1.82) is 0 Å². The molecular weight excluding hydrogens is 348 g/mol. The number of aromatic amines is 1. The van der Waals surface area contributed by atoms with Crippen molar-refractivity contribution in [3.05, 3.63) is 59.7 Å². The Labute approximate surface area is 155 Å². The van der Waals surface area contributed by atoms with Gasteiger partial charge in [-0.25, -0.2) is 4.98 Å². The average molecular weight is 368 g/mol. The number of aromatic nitrogens is 2. The number of hydrogen-bond acceptors (Lipinski definition) is 4. The topological polar surface area (TPSA) is 86.9 Å². The minimum Gasteiger partial charge on any atom is -0.354 e. The molecule has 0 saturated carbocycles. The minimum atomic E-state index is -0.143. The molecule has 0 atom stereocenters. The van der Waals surface area contributed by atoms with Gasteiger partial charge in [0.25, 0.3) is 5.91 Å². The largest absolute Gasteiger partial charge is 0.354 e. The SMILES string of the molecule is Cc1ccc(C(=O)NCCNC(=O)CSc2nc3ccccc3[nH]2)cc1. The normalized spacial score (nSPS) is 10.7. The zero-order chi connectivity index (χ0) is 18.4. The highest BCUT2D eigenvalue weighted by Gasteiger charge is 2.07. The molecule has 0 aliphatic carbocycles. The first-order valence-electron chi connectivity index (χ1n) is 8.31. The first-order chi connectivity index (χ1) is 12.6. The number of rotatable bonds is 7. The van der Waals surface area contributed by atoms with Gasteiger partial charge >= 0.3 is 0 Å². The number of nitrogens with one attached hydrogen (secondary N) is 3. The van der Waals surface area contributed by atoms with Crippen molar-refractivity contribution in [2.24, 2.45) is 0 Å². The Kier molecular flexibility index (Phi) is 5.91. The number of thioether (sulfide) groups is 1. The summed E-state index contributed by atoms with van der Waals surface area (Å²) in [5, 5.41) is 6.29. The van der Waals surface area contributed by atoms with Crippen LogP contribution in [0.4, 0.5) is 0 Å². The maximum absolute atomic E-state index is 12.0. The van der Waals surface area contributed by atoms with Gasteiger partial charge in [0.1, 0.15) is 0 Å². The Morgan fingerprint density at radius 1 is 1.04 bits per heavy atom. The summed E-state index contributed by atoms with van der Waals surface area (Å²) in [5.74, 6) is 0.0297. The number of para-hydroxylation sites is 2. The van der Waals surface area contributed by atoms with Gasteiger partial charge in [-0.05, 0) is 31.2 Å². The lowest BCUT2D eigenvalue weighted by Gasteiger charge is -2.07. The van der Waals surface area contributed by atoms with Gasteiger partial charge in [-0.2, -0.15) is 0 Å². The third-order valence-electron chi connectivity index (χ3n) is 3.75. The van der Waals surface area contributed by atoms with Crippen LogP contribution in [-0.4, -0.2) is 40.6 Å². The number of fused-ring (bicyclic) bond motifs is 1. The molecule has 0 unspecified atom stereocenters. The van der Waals surface area contributed by atoms with E-state index in [2.05, 4.69) is 20.6 Å². The molecule has 0 aliphatic rings. The predicted molar refractivity (Wildman–Crippen MR) is 103 cm³/mol. The minimum absolute atomic E-state index is 0.0972. The van der Waals surface area contributed by atoms with Crippen molar-refractivity contribution in [2.75, 3.05) is 18.8 Å². The maximum atomic E-state index is 12.0. The Balaban J connectivity index is 1.36. The van der Waals surface area contributed by atoms with Crippen molar-refractivity contribution < 1.29 is 9.59 Å². The molecule has 134 valence electrons. The van der Waals surface area contributed by atoms with Crippen molar-refractivity contribution in [3.63, 3.8) is 0 Å². The third-order valence-corrected chi connectivity index (χ3v) is 4.63. The summed E-state index contributed by atoms with van der Waals surface area (Å²) in [6.45, 7) is 2.74. The standard InChI is InChI=1S/C19H20N4O2S/c1-13-6-8-14(9-7-13)18(25)21-11-10-20-17(24)12-26-19-22-15-4-2-3-5-16(15)23-19/h2-9H,10-12H2,1H3,(H,20,24)(H,21,25)(H,22,23). The molecule has 7 heteroatoms. The van der Waals surface area contributed by atoms with Gasteiger partial charge in [0, 0.05) is 18.7 Å². The molecule has 2 aromatic carbocycles. The van der Waals surface area contributed by atoms with E-state index in [0.29, 0.717) is 23.8 Å². The van der Waals surface area contributed by atoms with Gasteiger partial charge in [-0.1, -0.05) is 41.6 Å². The predicted octanol–water partition coefficient (Wildman–Crippen LogP) is 2.51. The number of aryl methyl sites for hydroxylation is 1. The summed E-state index contributed by atoms with van der Waals surface area (Å²) in [6, 6.07) is 15.1. The van der Waals surface area contributed by atoms with Crippen LogP contribution in [0.25, 0.3) is 11.0 Å². The van der Waals surface area contributed by atoms with Crippen LogP contribution < -0.4 is 10.6 Å². The number of amides is 2. The molecule has 26 heavy (non-hydrogen) atoms. The van der Waals surface area contributed by atoms with E-state index in [-0.39, 0.29) is 17.6 Å². The number of benzene rings is 2. The summed E-state index contributed by atoms with van der Waals surface area (Å²) >= 11 is 1.35. The summed E-state index contributed by atoms with van der Waals surface area (Å²) in [4.78, 5) is 31.4. The van der Waals surface area contributed by atoms with Crippen LogP contribution in [0.2, 0.25) is 0 Å². The first-order valence-corrected chi connectivity index (χ1v) is 9.29.